The molecule has 54 heavy (non-hydrogen) atoms. The number of fused-ring (bicyclic) bond motifs is 1. The zero-order chi connectivity index (χ0) is 40.5. The number of carboxylic acid groups (broad SMARTS) is 1. The molecule has 2 aliphatic rings. The highest BCUT2D eigenvalue weighted by atomic mass is 16.4. The van der Waals surface area contributed by atoms with Gasteiger partial charge in [0.05, 0.1) is 30.7 Å². The predicted octanol–water partition coefficient (Wildman–Crippen LogP) is 0.522. The summed E-state index contributed by atoms with van der Waals surface area (Å²) in [4.78, 5) is 96.4. The molecule has 2 fully saturated rings. The van der Waals surface area contributed by atoms with Crippen molar-refractivity contribution in [1.29, 1.82) is 0 Å². The minimum absolute atomic E-state index is 0.0304. The number of ketones is 1. The number of carboxylic acids is 1. The topological polar surface area (TPSA) is 244 Å². The monoisotopic (exact) mass is 758 g/mol. The van der Waals surface area contributed by atoms with Crippen molar-refractivity contribution in [1.82, 2.24) is 31.5 Å². The van der Waals surface area contributed by atoms with E-state index in [0.29, 0.717) is 24.9 Å². The van der Waals surface area contributed by atoms with Crippen LogP contribution in [0.4, 0.5) is 0 Å². The van der Waals surface area contributed by atoms with Crippen LogP contribution in [0, 0.1) is 11.8 Å². The summed E-state index contributed by atoms with van der Waals surface area (Å²) in [5, 5.41) is 43.9. The summed E-state index contributed by atoms with van der Waals surface area (Å²) in [5.41, 5.74) is 0.0140. The molecule has 0 bridgehead atoms. The first-order chi connectivity index (χ1) is 25.1. The number of phenolic OH excluding ortho intramolecular Hbond substituents is 1. The molecule has 5 amide bonds. The van der Waals surface area contributed by atoms with Crippen LogP contribution in [0.15, 0.2) is 24.3 Å². The smallest absolute Gasteiger partial charge is 0.304 e. The van der Waals surface area contributed by atoms with Crippen LogP contribution >= 0.6 is 0 Å². The Hall–Kier alpha value is -4.57. The average molecular weight is 759 g/mol. The van der Waals surface area contributed by atoms with Gasteiger partial charge in [-0.05, 0) is 90.5 Å². The Morgan fingerprint density at radius 3 is 2.13 bits per heavy atom. The number of carbonyl (C=O) groups excluding carboxylic acids is 6. The quantitative estimate of drug-likeness (QED) is 0.182. The number of hydrogen-bond acceptors (Lipinski definition) is 10. The van der Waals surface area contributed by atoms with Gasteiger partial charge in [0.25, 0.3) is 0 Å². The van der Waals surface area contributed by atoms with Crippen LogP contribution in [0.3, 0.4) is 0 Å². The number of aliphatic carboxylic acids is 1. The third-order valence-corrected chi connectivity index (χ3v) is 9.48. The lowest BCUT2D eigenvalue weighted by Gasteiger charge is -2.38. The standard InChI is InChI=1S/C38H58N6O10/c1-20(2)15-27-34(51)24(18-31(49)50)17-29(47)42-32(22(4)45)36(53)39-21(3)33(37(54)43-38(5,6)7)44-14-8-9-28(44)35(52)40-25(19-30(48)41-27)16-23-10-12-26(46)13-11-23/h10-13,20-22,24-25,27-28,32-33,45-46H,8-9,14-19H2,1-7H3,(H,39,53)(H,40,52)(H,41,48)(H,42,47)(H,43,54)(H,49,50)/t21-,22+,24+,25-,27-,28-,32-,33-/m0/s1. The Morgan fingerprint density at radius 2 is 1.56 bits per heavy atom. The van der Waals surface area contributed by atoms with Crippen LogP contribution in [0.2, 0.25) is 0 Å². The van der Waals surface area contributed by atoms with Crippen LogP contribution in [-0.4, -0.2) is 116 Å². The second-order valence-corrected chi connectivity index (χ2v) is 16.1. The number of aromatic hydroxyl groups is 1. The number of hydrogen-bond donors (Lipinski definition) is 8. The second kappa shape index (κ2) is 19.1. The minimum Gasteiger partial charge on any atom is -0.508 e. The molecule has 1 aromatic rings. The third-order valence-electron chi connectivity index (χ3n) is 9.48. The molecule has 2 saturated heterocycles. The summed E-state index contributed by atoms with van der Waals surface area (Å²) in [6.45, 7) is 12.2. The Balaban J connectivity index is 2.13. The second-order valence-electron chi connectivity index (χ2n) is 16.1. The predicted molar refractivity (Wildman–Crippen MR) is 198 cm³/mol. The van der Waals surface area contributed by atoms with Gasteiger partial charge in [0.15, 0.2) is 5.78 Å². The summed E-state index contributed by atoms with van der Waals surface area (Å²) in [6, 6.07) is -0.140. The molecule has 1 aromatic carbocycles. The van der Waals surface area contributed by atoms with Gasteiger partial charge in [-0.1, -0.05) is 26.0 Å². The Morgan fingerprint density at radius 1 is 0.926 bits per heavy atom. The molecule has 300 valence electrons. The highest BCUT2D eigenvalue weighted by molar-refractivity contribution is 5.96. The summed E-state index contributed by atoms with van der Waals surface area (Å²) < 4.78 is 0. The summed E-state index contributed by atoms with van der Waals surface area (Å²) in [7, 11) is 0. The lowest BCUT2D eigenvalue weighted by atomic mass is 9.87. The highest BCUT2D eigenvalue weighted by Gasteiger charge is 2.44. The molecule has 2 aliphatic heterocycles. The fourth-order valence-corrected chi connectivity index (χ4v) is 7.12. The largest absolute Gasteiger partial charge is 0.508 e. The maximum atomic E-state index is 14.2. The Labute approximate surface area is 316 Å². The van der Waals surface area contributed by atoms with Crippen LogP contribution in [0.1, 0.15) is 92.6 Å². The van der Waals surface area contributed by atoms with E-state index in [2.05, 4.69) is 26.6 Å². The van der Waals surface area contributed by atoms with Crippen LogP contribution in [0.5, 0.6) is 5.75 Å². The maximum absolute atomic E-state index is 14.2. The van der Waals surface area contributed by atoms with Crippen molar-refractivity contribution in [2.75, 3.05) is 6.54 Å². The molecule has 0 aromatic heterocycles. The fraction of sp³-hybridized carbons (Fsp3) is 0.658. The van der Waals surface area contributed by atoms with E-state index < -0.39 is 108 Å². The third kappa shape index (κ3) is 13.1. The van der Waals surface area contributed by atoms with Crippen molar-refractivity contribution in [3.8, 4) is 5.75 Å². The van der Waals surface area contributed by atoms with Crippen molar-refractivity contribution in [2.45, 2.75) is 141 Å². The summed E-state index contributed by atoms with van der Waals surface area (Å²) in [6.07, 6.45) is -1.89. The van der Waals surface area contributed by atoms with Gasteiger partial charge in [0, 0.05) is 30.3 Å². The van der Waals surface area contributed by atoms with E-state index >= 15 is 0 Å². The molecule has 0 spiro atoms. The maximum Gasteiger partial charge on any atom is 0.304 e. The zero-order valence-corrected chi connectivity index (χ0v) is 32.3. The number of nitrogens with one attached hydrogen (secondary N) is 5. The molecule has 8 atom stereocenters. The molecule has 0 aliphatic carbocycles. The lowest BCUT2D eigenvalue weighted by Crippen LogP contribution is -2.64. The van der Waals surface area contributed by atoms with Gasteiger partial charge in [-0.15, -0.1) is 0 Å². The lowest BCUT2D eigenvalue weighted by molar-refractivity contribution is -0.143. The summed E-state index contributed by atoms with van der Waals surface area (Å²) in [5.74, 6) is -6.77. The van der Waals surface area contributed by atoms with E-state index in [1.165, 1.54) is 19.1 Å². The van der Waals surface area contributed by atoms with Crippen molar-refractivity contribution < 1.29 is 48.9 Å². The van der Waals surface area contributed by atoms with Gasteiger partial charge in [0.1, 0.15) is 17.8 Å². The number of carbonyl (C=O) groups is 7. The number of rotatable bonds is 8. The van der Waals surface area contributed by atoms with E-state index in [9.17, 15) is 48.9 Å². The first-order valence-electron chi connectivity index (χ1n) is 18.6. The average Bonchev–Trinajstić information content (AvgIpc) is 3.51. The van der Waals surface area contributed by atoms with Gasteiger partial charge in [-0.3, -0.25) is 38.5 Å². The van der Waals surface area contributed by atoms with Crippen molar-refractivity contribution >= 4 is 41.3 Å². The molecule has 16 heteroatoms. The molecule has 0 unspecified atom stereocenters. The van der Waals surface area contributed by atoms with Crippen LogP contribution in [0.25, 0.3) is 0 Å². The van der Waals surface area contributed by atoms with Gasteiger partial charge in [0.2, 0.25) is 29.5 Å². The molecular formula is C38H58N6O10. The molecule has 0 saturated carbocycles. The van der Waals surface area contributed by atoms with E-state index in [0.717, 1.165) is 0 Å². The molecule has 3 rings (SSSR count). The SMILES string of the molecule is CC(C)C[C@@H]1NC(=O)C[C@H](Cc2ccc(O)cc2)NC(=O)[C@@H]2CCCN2[C@H](C(=O)NC(C)(C)C)[C@H](C)NC(=O)[C@H]([C@@H](C)O)NC(=O)C[C@H](CC(=O)O)C1=O. The first-order valence-corrected chi connectivity index (χ1v) is 18.6. The Kier molecular flexibility index (Phi) is 15.5. The van der Waals surface area contributed by atoms with Gasteiger partial charge < -0.3 is 41.9 Å². The minimum atomic E-state index is -1.54. The van der Waals surface area contributed by atoms with Gasteiger partial charge in [-0.2, -0.15) is 0 Å². The molecule has 0 radical (unpaired) electrons. The number of aliphatic hydroxyl groups is 1. The zero-order valence-electron chi connectivity index (χ0n) is 32.3. The fourth-order valence-electron chi connectivity index (χ4n) is 7.12. The van der Waals surface area contributed by atoms with E-state index in [1.54, 1.807) is 44.7 Å². The van der Waals surface area contributed by atoms with Crippen LogP contribution < -0.4 is 26.6 Å². The Bertz CT molecular complexity index is 1520. The van der Waals surface area contributed by atoms with Gasteiger partial charge in [-0.25, -0.2) is 0 Å². The van der Waals surface area contributed by atoms with Crippen molar-refractivity contribution in [2.24, 2.45) is 11.8 Å². The number of benzene rings is 1. The molecule has 8 N–H and O–H groups in total. The first kappa shape index (κ1) is 43.8. The van der Waals surface area contributed by atoms with E-state index in [1.807, 2.05) is 13.8 Å². The molecule has 2 heterocycles. The number of aliphatic hydroxyl groups excluding tert-OH is 1. The number of amides is 5. The molecular weight excluding hydrogens is 700 g/mol. The highest BCUT2D eigenvalue weighted by Crippen LogP contribution is 2.25. The number of phenols is 1. The van der Waals surface area contributed by atoms with Gasteiger partial charge >= 0.3 is 5.97 Å². The number of nitrogens with zero attached hydrogens (tertiary/aromatic N) is 1. The molecule has 16 nitrogen and oxygen atoms in total. The summed E-state index contributed by atoms with van der Waals surface area (Å²) >= 11 is 0. The van der Waals surface area contributed by atoms with E-state index in [4.69, 9.17) is 0 Å². The normalized spacial score (nSPS) is 27.6. The van der Waals surface area contributed by atoms with E-state index in [-0.39, 0.29) is 30.9 Å². The van der Waals surface area contributed by atoms with Crippen molar-refractivity contribution in [3.63, 3.8) is 0 Å². The number of Topliss-reactive ketones (excluding diaryl/α,β-unsaturated/α-hetero) is 1. The van der Waals surface area contributed by atoms with Crippen molar-refractivity contribution in [3.05, 3.63) is 29.8 Å². The van der Waals surface area contributed by atoms with Crippen LogP contribution in [-0.2, 0) is 40.0 Å².